The van der Waals surface area contributed by atoms with Gasteiger partial charge in [-0.05, 0) is 42.0 Å². The molecule has 25 heavy (non-hydrogen) atoms. The third kappa shape index (κ3) is 4.96. The van der Waals surface area contributed by atoms with E-state index in [2.05, 4.69) is 10.0 Å². The van der Waals surface area contributed by atoms with E-state index in [1.165, 1.54) is 12.1 Å². The maximum absolute atomic E-state index is 12.3. The molecule has 0 radical (unpaired) electrons. The first-order chi connectivity index (χ1) is 11.8. The molecule has 0 bridgehead atoms. The van der Waals surface area contributed by atoms with E-state index in [-0.39, 0.29) is 17.2 Å². The molecule has 1 fully saturated rings. The van der Waals surface area contributed by atoms with Crippen LogP contribution in [0.5, 0.6) is 0 Å². The van der Waals surface area contributed by atoms with Crippen LogP contribution in [0.25, 0.3) is 0 Å². The predicted octanol–water partition coefficient (Wildman–Crippen LogP) is 0.994. The molecule has 0 atom stereocenters. The molecule has 7 nitrogen and oxygen atoms in total. The van der Waals surface area contributed by atoms with Crippen LogP contribution in [0.3, 0.4) is 0 Å². The van der Waals surface area contributed by atoms with Crippen molar-refractivity contribution in [2.75, 3.05) is 18.1 Å². The van der Waals surface area contributed by atoms with Crippen molar-refractivity contribution in [2.24, 2.45) is 0 Å². The zero-order chi connectivity index (χ0) is 18.5. The summed E-state index contributed by atoms with van der Waals surface area (Å²) in [5, 5.41) is 12.1. The number of rotatable bonds is 7. The van der Waals surface area contributed by atoms with Crippen molar-refractivity contribution in [3.05, 3.63) is 29.8 Å². The average molecular weight is 386 g/mol. The molecule has 1 heterocycles. The lowest BCUT2D eigenvalue weighted by Gasteiger charge is -2.33. The molecule has 9 heteroatoms. The Labute approximate surface area is 151 Å². The first-order valence-electron chi connectivity index (χ1n) is 8.00. The summed E-state index contributed by atoms with van der Waals surface area (Å²) in [4.78, 5) is 24.0. The highest BCUT2D eigenvalue weighted by Crippen LogP contribution is 2.27. The normalized spacial score (nSPS) is 17.0. The molecule has 3 N–H and O–H groups in total. The maximum atomic E-state index is 12.3. The molecule has 0 aromatic heterocycles. The van der Waals surface area contributed by atoms with Gasteiger partial charge in [-0.25, -0.2) is 17.9 Å². The molecule has 1 aliphatic heterocycles. The Balaban J connectivity index is 2.04. The molecule has 1 aromatic carbocycles. The molecule has 1 saturated heterocycles. The van der Waals surface area contributed by atoms with E-state index < -0.39 is 21.5 Å². The number of carboxylic acid groups (broad SMARTS) is 1. The van der Waals surface area contributed by atoms with Crippen LogP contribution >= 0.6 is 11.8 Å². The van der Waals surface area contributed by atoms with Crippen LogP contribution in [0.1, 0.15) is 25.3 Å². The zero-order valence-electron chi connectivity index (χ0n) is 13.9. The number of thioether (sulfide) groups is 1. The molecule has 1 aliphatic rings. The van der Waals surface area contributed by atoms with E-state index >= 15 is 0 Å². The molecule has 2 rings (SSSR count). The van der Waals surface area contributed by atoms with Gasteiger partial charge in [-0.1, -0.05) is 19.1 Å². The Kier molecular flexibility index (Phi) is 6.47. The van der Waals surface area contributed by atoms with E-state index in [0.717, 1.165) is 0 Å². The van der Waals surface area contributed by atoms with Crippen molar-refractivity contribution in [1.82, 2.24) is 10.0 Å². The second-order valence-electron chi connectivity index (χ2n) is 5.87. The van der Waals surface area contributed by atoms with Crippen molar-refractivity contribution in [2.45, 2.75) is 36.6 Å². The monoisotopic (exact) mass is 386 g/mol. The predicted molar refractivity (Wildman–Crippen MR) is 96.1 cm³/mol. The molecular formula is C16H22N2O5S2. The summed E-state index contributed by atoms with van der Waals surface area (Å²) < 4.78 is 26.2. The van der Waals surface area contributed by atoms with E-state index in [9.17, 15) is 23.1 Å². The number of carboxylic acids is 1. The smallest absolute Gasteiger partial charge is 0.329 e. The number of hydrogen-bond donors (Lipinski definition) is 3. The minimum absolute atomic E-state index is 0.00368. The Morgan fingerprint density at radius 3 is 2.32 bits per heavy atom. The van der Waals surface area contributed by atoms with Crippen molar-refractivity contribution >= 4 is 33.7 Å². The fourth-order valence-electron chi connectivity index (χ4n) is 2.67. The van der Waals surface area contributed by atoms with Gasteiger partial charge in [-0.15, -0.1) is 0 Å². The van der Waals surface area contributed by atoms with Crippen LogP contribution in [0, 0.1) is 0 Å². The van der Waals surface area contributed by atoms with E-state index in [4.69, 9.17) is 0 Å². The van der Waals surface area contributed by atoms with Gasteiger partial charge in [0.25, 0.3) is 0 Å². The van der Waals surface area contributed by atoms with Crippen LogP contribution in [0.15, 0.2) is 29.2 Å². The zero-order valence-corrected chi connectivity index (χ0v) is 15.6. The Hall–Kier alpha value is -1.58. The van der Waals surface area contributed by atoms with Gasteiger partial charge in [0.1, 0.15) is 5.54 Å². The van der Waals surface area contributed by atoms with Gasteiger partial charge in [0, 0.05) is 6.54 Å². The topological polar surface area (TPSA) is 113 Å². The third-order valence-corrected chi connectivity index (χ3v) is 6.61. The van der Waals surface area contributed by atoms with E-state index in [1.54, 1.807) is 30.8 Å². The number of hydrogen-bond acceptors (Lipinski definition) is 5. The SMILES string of the molecule is CCNS(=O)(=O)c1ccc(CC(=O)NC2(C(=O)O)CCSCC2)cc1. The number of aliphatic carboxylic acids is 1. The molecule has 0 aliphatic carbocycles. The summed E-state index contributed by atoms with van der Waals surface area (Å²) in [6.07, 6.45) is 0.806. The highest BCUT2D eigenvalue weighted by Gasteiger charge is 2.41. The fraction of sp³-hybridized carbons (Fsp3) is 0.500. The van der Waals surface area contributed by atoms with Crippen LogP contribution in [0.4, 0.5) is 0 Å². The summed E-state index contributed by atoms with van der Waals surface area (Å²) in [5.74, 6) is 0.0115. The van der Waals surface area contributed by atoms with Gasteiger partial charge in [-0.2, -0.15) is 11.8 Å². The summed E-state index contributed by atoms with van der Waals surface area (Å²) in [7, 11) is -3.53. The van der Waals surface area contributed by atoms with Gasteiger partial charge < -0.3 is 10.4 Å². The van der Waals surface area contributed by atoms with Crippen LogP contribution in [-0.2, 0) is 26.0 Å². The van der Waals surface area contributed by atoms with Crippen LogP contribution in [-0.4, -0.2) is 49.0 Å². The van der Waals surface area contributed by atoms with Crippen molar-refractivity contribution < 1.29 is 23.1 Å². The molecule has 138 valence electrons. The highest BCUT2D eigenvalue weighted by atomic mass is 32.2. The molecule has 1 amide bonds. The second-order valence-corrected chi connectivity index (χ2v) is 8.86. The number of amides is 1. The largest absolute Gasteiger partial charge is 0.480 e. The first kappa shape index (κ1) is 19.7. The Morgan fingerprint density at radius 1 is 1.20 bits per heavy atom. The molecule has 0 spiro atoms. The standard InChI is InChI=1S/C16H22N2O5S2/c1-2-17-25(22,23)13-5-3-12(4-6-13)11-14(19)18-16(15(20)21)7-9-24-10-8-16/h3-6,17H,2,7-11H2,1H3,(H,18,19)(H,20,21). The van der Waals surface area contributed by atoms with Crippen LogP contribution < -0.4 is 10.0 Å². The minimum Gasteiger partial charge on any atom is -0.480 e. The quantitative estimate of drug-likeness (QED) is 0.644. The van der Waals surface area contributed by atoms with Crippen molar-refractivity contribution in [3.8, 4) is 0 Å². The average Bonchev–Trinajstić information content (AvgIpc) is 2.56. The first-order valence-corrected chi connectivity index (χ1v) is 10.6. The van der Waals surface area contributed by atoms with Gasteiger partial charge in [0.05, 0.1) is 11.3 Å². The number of carbonyl (C=O) groups is 2. The molecule has 1 aromatic rings. The molecule has 0 saturated carbocycles. The lowest BCUT2D eigenvalue weighted by atomic mass is 9.92. The Morgan fingerprint density at radius 2 is 1.80 bits per heavy atom. The van der Waals surface area contributed by atoms with Crippen molar-refractivity contribution in [1.29, 1.82) is 0 Å². The van der Waals surface area contributed by atoms with E-state index in [0.29, 0.717) is 36.5 Å². The van der Waals surface area contributed by atoms with Gasteiger partial charge in [0.15, 0.2) is 0 Å². The van der Waals surface area contributed by atoms with E-state index in [1.807, 2.05) is 0 Å². The molecule has 0 unspecified atom stereocenters. The second kappa shape index (κ2) is 8.20. The molecular weight excluding hydrogens is 364 g/mol. The number of benzene rings is 1. The van der Waals surface area contributed by atoms with Gasteiger partial charge in [0.2, 0.25) is 15.9 Å². The number of carbonyl (C=O) groups excluding carboxylic acids is 1. The summed E-state index contributed by atoms with van der Waals surface area (Å²) in [6.45, 7) is 1.99. The third-order valence-electron chi connectivity index (χ3n) is 4.07. The Bertz CT molecular complexity index is 725. The summed E-state index contributed by atoms with van der Waals surface area (Å²) in [5.41, 5.74) is -0.574. The number of sulfonamides is 1. The minimum atomic E-state index is -3.53. The fourth-order valence-corrected chi connectivity index (χ4v) is 4.90. The van der Waals surface area contributed by atoms with Gasteiger partial charge >= 0.3 is 5.97 Å². The highest BCUT2D eigenvalue weighted by molar-refractivity contribution is 7.99. The lowest BCUT2D eigenvalue weighted by molar-refractivity contribution is -0.148. The van der Waals surface area contributed by atoms with Gasteiger partial charge in [-0.3, -0.25) is 4.79 Å². The van der Waals surface area contributed by atoms with Crippen molar-refractivity contribution in [3.63, 3.8) is 0 Å². The summed E-state index contributed by atoms with van der Waals surface area (Å²) >= 11 is 1.68. The number of nitrogens with one attached hydrogen (secondary N) is 2. The van der Waals surface area contributed by atoms with Crippen LogP contribution in [0.2, 0.25) is 0 Å². The lowest BCUT2D eigenvalue weighted by Crippen LogP contribution is -2.56. The maximum Gasteiger partial charge on any atom is 0.329 e. The summed E-state index contributed by atoms with van der Waals surface area (Å²) in [6, 6.07) is 6.00.